The van der Waals surface area contributed by atoms with Gasteiger partial charge in [-0.25, -0.2) is 0 Å². The summed E-state index contributed by atoms with van der Waals surface area (Å²) in [5, 5.41) is 6.97. The number of carbonyl (C=O) groups is 1. The molecule has 0 saturated carbocycles. The molecule has 0 radical (unpaired) electrons. The van der Waals surface area contributed by atoms with Gasteiger partial charge in [0.25, 0.3) is 0 Å². The van der Waals surface area contributed by atoms with E-state index in [2.05, 4.69) is 10.4 Å². The van der Waals surface area contributed by atoms with Crippen molar-refractivity contribution in [3.63, 3.8) is 0 Å². The summed E-state index contributed by atoms with van der Waals surface area (Å²) in [6, 6.07) is 5.52. The maximum Gasteiger partial charge on any atom is 0.225 e. The van der Waals surface area contributed by atoms with Crippen molar-refractivity contribution in [2.75, 3.05) is 5.32 Å². The highest BCUT2D eigenvalue weighted by atomic mass is 16.3. The Morgan fingerprint density at radius 1 is 1.59 bits per heavy atom. The van der Waals surface area contributed by atoms with Crippen LogP contribution in [0.5, 0.6) is 0 Å². The number of hydrogen-bond acceptors (Lipinski definition) is 3. The first-order valence-corrected chi connectivity index (χ1v) is 5.48. The van der Waals surface area contributed by atoms with Crippen LogP contribution in [-0.2, 0) is 18.3 Å². The van der Waals surface area contributed by atoms with Gasteiger partial charge >= 0.3 is 0 Å². The van der Waals surface area contributed by atoms with Crippen LogP contribution in [0, 0.1) is 6.92 Å². The summed E-state index contributed by atoms with van der Waals surface area (Å²) < 4.78 is 6.82. The molecule has 0 saturated heterocycles. The number of carbonyl (C=O) groups excluding carboxylic acids is 1. The maximum absolute atomic E-state index is 11.7. The SMILES string of the molecule is Cc1cc(NC(=O)CCc2ccco2)n(C)n1. The largest absolute Gasteiger partial charge is 0.469 e. The molecule has 2 aromatic rings. The minimum absolute atomic E-state index is 0.0376. The monoisotopic (exact) mass is 233 g/mol. The lowest BCUT2D eigenvalue weighted by molar-refractivity contribution is -0.116. The van der Waals surface area contributed by atoms with Gasteiger partial charge in [0.15, 0.2) is 0 Å². The van der Waals surface area contributed by atoms with Gasteiger partial charge in [-0.05, 0) is 19.1 Å². The second-order valence-electron chi connectivity index (χ2n) is 3.92. The van der Waals surface area contributed by atoms with Crippen LogP contribution in [-0.4, -0.2) is 15.7 Å². The van der Waals surface area contributed by atoms with E-state index < -0.39 is 0 Å². The van der Waals surface area contributed by atoms with E-state index in [0.717, 1.165) is 11.5 Å². The van der Waals surface area contributed by atoms with Crippen LogP contribution >= 0.6 is 0 Å². The average Bonchev–Trinajstić information content (AvgIpc) is 2.87. The van der Waals surface area contributed by atoms with Crippen molar-refractivity contribution in [1.29, 1.82) is 0 Å². The number of anilines is 1. The van der Waals surface area contributed by atoms with Crippen molar-refractivity contribution >= 4 is 11.7 Å². The van der Waals surface area contributed by atoms with Crippen molar-refractivity contribution in [2.45, 2.75) is 19.8 Å². The van der Waals surface area contributed by atoms with Crippen LogP contribution in [0.15, 0.2) is 28.9 Å². The zero-order valence-electron chi connectivity index (χ0n) is 9.93. The Balaban J connectivity index is 1.87. The fourth-order valence-electron chi connectivity index (χ4n) is 1.62. The Bertz CT molecular complexity index is 500. The summed E-state index contributed by atoms with van der Waals surface area (Å²) in [5.41, 5.74) is 0.883. The first-order valence-electron chi connectivity index (χ1n) is 5.48. The van der Waals surface area contributed by atoms with E-state index in [0.29, 0.717) is 18.7 Å². The van der Waals surface area contributed by atoms with Crippen molar-refractivity contribution < 1.29 is 9.21 Å². The number of amides is 1. The van der Waals surface area contributed by atoms with E-state index in [-0.39, 0.29) is 5.91 Å². The standard InChI is InChI=1S/C12H15N3O2/c1-9-8-11(15(2)14-9)13-12(16)6-5-10-4-3-7-17-10/h3-4,7-8H,5-6H2,1-2H3,(H,13,16). The molecule has 0 aliphatic rings. The molecule has 0 fully saturated rings. The van der Waals surface area contributed by atoms with E-state index in [9.17, 15) is 4.79 Å². The molecule has 0 aromatic carbocycles. The van der Waals surface area contributed by atoms with Crippen molar-refractivity contribution in [2.24, 2.45) is 7.05 Å². The number of aryl methyl sites for hydroxylation is 3. The van der Waals surface area contributed by atoms with E-state index in [1.54, 1.807) is 18.0 Å². The van der Waals surface area contributed by atoms with Gasteiger partial charge in [0.05, 0.1) is 12.0 Å². The lowest BCUT2D eigenvalue weighted by Gasteiger charge is -2.03. The Kier molecular flexibility index (Phi) is 3.27. The summed E-state index contributed by atoms with van der Waals surface area (Å²) in [6.45, 7) is 1.89. The van der Waals surface area contributed by atoms with E-state index in [1.165, 1.54) is 0 Å². The zero-order chi connectivity index (χ0) is 12.3. The van der Waals surface area contributed by atoms with E-state index >= 15 is 0 Å². The highest BCUT2D eigenvalue weighted by Crippen LogP contribution is 2.09. The maximum atomic E-state index is 11.7. The Morgan fingerprint density at radius 3 is 3.00 bits per heavy atom. The molecule has 0 atom stereocenters. The number of furan rings is 1. The third-order valence-electron chi connectivity index (χ3n) is 2.45. The third-order valence-corrected chi connectivity index (χ3v) is 2.45. The molecular formula is C12H15N3O2. The molecule has 0 unspecified atom stereocenters. The second-order valence-corrected chi connectivity index (χ2v) is 3.92. The molecule has 2 heterocycles. The summed E-state index contributed by atoms with van der Waals surface area (Å²) in [7, 11) is 1.80. The average molecular weight is 233 g/mol. The molecule has 2 aromatic heterocycles. The van der Waals surface area contributed by atoms with Crippen LogP contribution in [0.2, 0.25) is 0 Å². The first kappa shape index (κ1) is 11.4. The van der Waals surface area contributed by atoms with Gasteiger partial charge in [0, 0.05) is 26.0 Å². The smallest absolute Gasteiger partial charge is 0.225 e. The van der Waals surface area contributed by atoms with Crippen LogP contribution < -0.4 is 5.32 Å². The van der Waals surface area contributed by atoms with Crippen LogP contribution in [0.4, 0.5) is 5.82 Å². The zero-order valence-corrected chi connectivity index (χ0v) is 9.93. The third kappa shape index (κ3) is 2.96. The van der Waals surface area contributed by atoms with Crippen molar-refractivity contribution in [1.82, 2.24) is 9.78 Å². The lowest BCUT2D eigenvalue weighted by atomic mass is 10.2. The van der Waals surface area contributed by atoms with Gasteiger partial charge in [-0.1, -0.05) is 0 Å². The lowest BCUT2D eigenvalue weighted by Crippen LogP contribution is -2.14. The molecule has 5 heteroatoms. The van der Waals surface area contributed by atoms with Crippen LogP contribution in [0.3, 0.4) is 0 Å². The van der Waals surface area contributed by atoms with Gasteiger partial charge in [-0.2, -0.15) is 5.10 Å². The number of nitrogens with one attached hydrogen (secondary N) is 1. The first-order chi connectivity index (χ1) is 8.15. The van der Waals surface area contributed by atoms with Gasteiger partial charge in [-0.15, -0.1) is 0 Å². The van der Waals surface area contributed by atoms with Gasteiger partial charge in [-0.3, -0.25) is 9.48 Å². The molecule has 1 amide bonds. The number of rotatable bonds is 4. The Labute approximate surface area is 99.4 Å². The Morgan fingerprint density at radius 2 is 2.41 bits per heavy atom. The molecule has 0 aliphatic carbocycles. The fraction of sp³-hybridized carbons (Fsp3) is 0.333. The normalized spacial score (nSPS) is 10.5. The van der Waals surface area contributed by atoms with Gasteiger partial charge in [0.2, 0.25) is 5.91 Å². The quantitative estimate of drug-likeness (QED) is 0.877. The fourth-order valence-corrected chi connectivity index (χ4v) is 1.62. The summed E-state index contributed by atoms with van der Waals surface area (Å²) >= 11 is 0. The number of hydrogen-bond donors (Lipinski definition) is 1. The molecule has 90 valence electrons. The molecule has 0 spiro atoms. The van der Waals surface area contributed by atoms with Crippen molar-refractivity contribution in [3.05, 3.63) is 35.9 Å². The molecule has 0 aliphatic heterocycles. The van der Waals surface area contributed by atoms with Crippen molar-refractivity contribution in [3.8, 4) is 0 Å². The Hall–Kier alpha value is -2.04. The molecular weight excluding hydrogens is 218 g/mol. The van der Waals surface area contributed by atoms with Gasteiger partial charge in [0.1, 0.15) is 11.6 Å². The topological polar surface area (TPSA) is 60.1 Å². The summed E-state index contributed by atoms with van der Waals surface area (Å²) in [4.78, 5) is 11.7. The molecule has 5 nitrogen and oxygen atoms in total. The molecule has 2 rings (SSSR count). The second kappa shape index (κ2) is 4.86. The highest BCUT2D eigenvalue weighted by Gasteiger charge is 2.07. The molecule has 0 bridgehead atoms. The van der Waals surface area contributed by atoms with E-state index in [1.807, 2.05) is 25.1 Å². The predicted octanol–water partition coefficient (Wildman–Crippen LogP) is 1.89. The number of aromatic nitrogens is 2. The van der Waals surface area contributed by atoms with Gasteiger partial charge < -0.3 is 9.73 Å². The van der Waals surface area contributed by atoms with Crippen LogP contribution in [0.25, 0.3) is 0 Å². The highest BCUT2D eigenvalue weighted by molar-refractivity contribution is 5.89. The number of nitrogens with zero attached hydrogens (tertiary/aromatic N) is 2. The minimum atomic E-state index is -0.0376. The summed E-state index contributed by atoms with van der Waals surface area (Å²) in [6.07, 6.45) is 2.62. The minimum Gasteiger partial charge on any atom is -0.469 e. The van der Waals surface area contributed by atoms with E-state index in [4.69, 9.17) is 4.42 Å². The predicted molar refractivity (Wildman–Crippen MR) is 63.6 cm³/mol. The van der Waals surface area contributed by atoms with Crippen LogP contribution in [0.1, 0.15) is 17.9 Å². The summed E-state index contributed by atoms with van der Waals surface area (Å²) in [5.74, 6) is 1.50. The molecule has 17 heavy (non-hydrogen) atoms. The molecule has 1 N–H and O–H groups in total.